The van der Waals surface area contributed by atoms with Crippen molar-refractivity contribution >= 4 is 28.9 Å². The number of nitrogens with one attached hydrogen (secondary N) is 1. The van der Waals surface area contributed by atoms with Gasteiger partial charge in [-0.2, -0.15) is 0 Å². The highest BCUT2D eigenvalue weighted by molar-refractivity contribution is 5.97. The summed E-state index contributed by atoms with van der Waals surface area (Å²) < 4.78 is 33.3. The Morgan fingerprint density at radius 3 is 2.44 bits per heavy atom. The molecule has 0 aliphatic carbocycles. The number of nitrogens with zero attached hydrogens (tertiary/aromatic N) is 4. The second-order valence-electron chi connectivity index (χ2n) is 10.3. The number of alkyl halides is 2. The van der Waals surface area contributed by atoms with Gasteiger partial charge < -0.3 is 14.6 Å². The minimum absolute atomic E-state index is 0.0167. The zero-order valence-electron chi connectivity index (χ0n) is 23.0. The van der Waals surface area contributed by atoms with E-state index in [2.05, 4.69) is 20.3 Å². The molecular weight excluding hydrogens is 552 g/mol. The van der Waals surface area contributed by atoms with E-state index in [0.717, 1.165) is 27.6 Å². The molecule has 5 aromatic rings. The number of aromatic nitrogens is 3. The smallest absolute Gasteiger partial charge is 0.255 e. The van der Waals surface area contributed by atoms with Crippen LogP contribution < -0.4 is 5.32 Å². The van der Waals surface area contributed by atoms with E-state index >= 15 is 0 Å². The average molecular weight is 580 g/mol. The molecule has 4 aromatic heterocycles. The number of benzene rings is 1. The van der Waals surface area contributed by atoms with Crippen molar-refractivity contribution in [2.24, 2.45) is 0 Å². The first kappa shape index (κ1) is 27.9. The molecule has 1 aliphatic rings. The molecule has 0 radical (unpaired) electrons. The summed E-state index contributed by atoms with van der Waals surface area (Å²) in [5, 5.41) is 3.65. The van der Waals surface area contributed by atoms with Crippen LogP contribution in [0.2, 0.25) is 0 Å². The van der Waals surface area contributed by atoms with E-state index in [4.69, 9.17) is 4.42 Å². The van der Waals surface area contributed by atoms with E-state index in [1.807, 2.05) is 36.4 Å². The molecule has 0 spiro atoms. The van der Waals surface area contributed by atoms with Crippen molar-refractivity contribution in [1.29, 1.82) is 0 Å². The van der Waals surface area contributed by atoms with E-state index in [0.29, 0.717) is 22.6 Å². The monoisotopic (exact) mass is 579 g/mol. The fraction of sp³-hybridized carbons (Fsp3) is 0.182. The maximum Gasteiger partial charge on any atom is 0.255 e. The second kappa shape index (κ2) is 11.9. The number of rotatable bonds is 7. The Balaban J connectivity index is 1.24. The number of hydrogen-bond donors (Lipinski definition) is 1. The summed E-state index contributed by atoms with van der Waals surface area (Å²) in [5.41, 5.74) is 4.86. The van der Waals surface area contributed by atoms with Crippen LogP contribution in [0.3, 0.4) is 0 Å². The van der Waals surface area contributed by atoms with Crippen LogP contribution >= 0.6 is 0 Å². The first-order valence-electron chi connectivity index (χ1n) is 13.8. The van der Waals surface area contributed by atoms with Gasteiger partial charge in [-0.15, -0.1) is 0 Å². The normalized spacial score (nSPS) is 14.7. The van der Waals surface area contributed by atoms with E-state index < -0.39 is 5.92 Å². The van der Waals surface area contributed by atoms with Crippen molar-refractivity contribution < 1.29 is 22.8 Å². The standard InChI is InChI=1S/C33H27F2N5O3/c34-33(35)9-13-40(14-10-33)32(42)24-6-7-29(38-20-24)25-15-26-16-27(21-39-30(41)8-5-22-3-1-11-36-18-22)43-31(26)28(17-25)23-4-2-12-37-19-23/h1-8,11-12,15-20H,9-10,13-14,21H2,(H,39,41)/b8-5+. The lowest BCUT2D eigenvalue weighted by atomic mass is 9.99. The fourth-order valence-corrected chi connectivity index (χ4v) is 4.97. The third-order valence-corrected chi connectivity index (χ3v) is 7.28. The van der Waals surface area contributed by atoms with E-state index in [9.17, 15) is 18.4 Å². The van der Waals surface area contributed by atoms with Crippen molar-refractivity contribution in [2.45, 2.75) is 25.3 Å². The number of carbonyl (C=O) groups excluding carboxylic acids is 2. The lowest BCUT2D eigenvalue weighted by Gasteiger charge is -2.31. The summed E-state index contributed by atoms with van der Waals surface area (Å²) in [6, 6.07) is 16.6. The van der Waals surface area contributed by atoms with Gasteiger partial charge in [0.2, 0.25) is 5.91 Å². The van der Waals surface area contributed by atoms with Crippen molar-refractivity contribution in [1.82, 2.24) is 25.2 Å². The van der Waals surface area contributed by atoms with Crippen LogP contribution in [0, 0.1) is 0 Å². The quantitative estimate of drug-likeness (QED) is 0.232. The number of carbonyl (C=O) groups is 2. The van der Waals surface area contributed by atoms with Gasteiger partial charge in [-0.3, -0.25) is 24.5 Å². The molecule has 1 N–H and O–H groups in total. The number of fused-ring (bicyclic) bond motifs is 1. The third kappa shape index (κ3) is 6.48. The summed E-state index contributed by atoms with van der Waals surface area (Å²) in [6.45, 7) is 0.218. The molecular formula is C33H27F2N5O3. The molecule has 10 heteroatoms. The zero-order chi connectivity index (χ0) is 29.8. The molecule has 1 aromatic carbocycles. The van der Waals surface area contributed by atoms with E-state index in [1.54, 1.807) is 49.1 Å². The van der Waals surface area contributed by atoms with Gasteiger partial charge >= 0.3 is 0 Å². The van der Waals surface area contributed by atoms with Gasteiger partial charge in [0.15, 0.2) is 0 Å². The number of furan rings is 1. The summed E-state index contributed by atoms with van der Waals surface area (Å²) in [6.07, 6.45) is 10.7. The molecule has 2 amide bonds. The Morgan fingerprint density at radius 1 is 0.953 bits per heavy atom. The number of likely N-dealkylation sites (tertiary alicyclic amines) is 1. The molecule has 216 valence electrons. The van der Waals surface area contributed by atoms with Crippen molar-refractivity contribution in [3.8, 4) is 22.4 Å². The number of amides is 2. The van der Waals surface area contributed by atoms with Gasteiger partial charge in [0, 0.05) is 85.1 Å². The predicted octanol–water partition coefficient (Wildman–Crippen LogP) is 6.15. The highest BCUT2D eigenvalue weighted by Gasteiger charge is 2.35. The molecule has 8 nitrogen and oxygen atoms in total. The summed E-state index contributed by atoms with van der Waals surface area (Å²) in [5.74, 6) is -2.73. The van der Waals surface area contributed by atoms with Crippen LogP contribution in [0.25, 0.3) is 39.4 Å². The predicted molar refractivity (Wildman–Crippen MR) is 158 cm³/mol. The minimum atomic E-state index is -2.72. The molecule has 43 heavy (non-hydrogen) atoms. The minimum Gasteiger partial charge on any atom is -0.459 e. The number of piperidine rings is 1. The third-order valence-electron chi connectivity index (χ3n) is 7.28. The van der Waals surface area contributed by atoms with Crippen LogP contribution in [0.1, 0.15) is 34.5 Å². The van der Waals surface area contributed by atoms with Crippen molar-refractivity contribution in [3.05, 3.63) is 109 Å². The highest BCUT2D eigenvalue weighted by atomic mass is 19.3. The van der Waals surface area contributed by atoms with Gasteiger partial charge in [-0.05, 0) is 54.1 Å². The second-order valence-corrected chi connectivity index (χ2v) is 10.3. The molecule has 6 rings (SSSR count). The number of pyridine rings is 3. The van der Waals surface area contributed by atoms with Crippen LogP contribution in [0.4, 0.5) is 8.78 Å². The first-order valence-corrected chi connectivity index (χ1v) is 13.8. The Kier molecular flexibility index (Phi) is 7.74. The maximum absolute atomic E-state index is 13.5. The fourth-order valence-electron chi connectivity index (χ4n) is 4.97. The maximum atomic E-state index is 13.5. The van der Waals surface area contributed by atoms with E-state index in [-0.39, 0.29) is 44.3 Å². The highest BCUT2D eigenvalue weighted by Crippen LogP contribution is 2.35. The lowest BCUT2D eigenvalue weighted by Crippen LogP contribution is -2.42. The molecule has 1 aliphatic heterocycles. The number of halogens is 2. The Labute approximate surface area is 246 Å². The molecule has 0 atom stereocenters. The summed E-state index contributed by atoms with van der Waals surface area (Å²) >= 11 is 0. The summed E-state index contributed by atoms with van der Waals surface area (Å²) in [4.78, 5) is 39.5. The van der Waals surface area contributed by atoms with E-state index in [1.165, 1.54) is 17.2 Å². The summed E-state index contributed by atoms with van der Waals surface area (Å²) in [7, 11) is 0. The molecule has 5 heterocycles. The van der Waals surface area contributed by atoms with Crippen LogP contribution in [0.5, 0.6) is 0 Å². The molecule has 1 saturated heterocycles. The molecule has 0 saturated carbocycles. The Morgan fingerprint density at radius 2 is 1.74 bits per heavy atom. The van der Waals surface area contributed by atoms with Gasteiger partial charge in [-0.25, -0.2) is 8.78 Å². The van der Waals surface area contributed by atoms with Gasteiger partial charge in [-0.1, -0.05) is 12.1 Å². The molecule has 0 unspecified atom stereocenters. The topological polar surface area (TPSA) is 101 Å². The van der Waals surface area contributed by atoms with Crippen molar-refractivity contribution in [2.75, 3.05) is 13.1 Å². The molecule has 0 bridgehead atoms. The van der Waals surface area contributed by atoms with Crippen LogP contribution in [0.15, 0.2) is 96.1 Å². The van der Waals surface area contributed by atoms with Gasteiger partial charge in [0.05, 0.1) is 17.8 Å². The SMILES string of the molecule is O=C(/C=C/c1cccnc1)NCc1cc2cc(-c3ccc(C(=O)N4CCC(F)(F)CC4)cn3)cc(-c3cccnc3)c2o1. The van der Waals surface area contributed by atoms with Crippen LogP contribution in [-0.2, 0) is 11.3 Å². The largest absolute Gasteiger partial charge is 0.459 e. The Hall–Kier alpha value is -5.25. The van der Waals surface area contributed by atoms with Gasteiger partial charge in [0.1, 0.15) is 11.3 Å². The molecule has 1 fully saturated rings. The average Bonchev–Trinajstić information content (AvgIpc) is 3.46. The van der Waals surface area contributed by atoms with Crippen molar-refractivity contribution in [3.63, 3.8) is 0 Å². The number of hydrogen-bond acceptors (Lipinski definition) is 6. The van der Waals surface area contributed by atoms with Crippen LogP contribution in [-0.4, -0.2) is 50.7 Å². The Bertz CT molecular complexity index is 1780. The lowest BCUT2D eigenvalue weighted by molar-refractivity contribution is -0.116. The van der Waals surface area contributed by atoms with Gasteiger partial charge in [0.25, 0.3) is 11.8 Å². The zero-order valence-corrected chi connectivity index (χ0v) is 23.0. The first-order chi connectivity index (χ1) is 20.8.